The van der Waals surface area contributed by atoms with Crippen molar-refractivity contribution in [3.8, 4) is 0 Å². The van der Waals surface area contributed by atoms with Gasteiger partial charge in [0, 0.05) is 10.4 Å². The van der Waals surface area contributed by atoms with Gasteiger partial charge in [-0.25, -0.2) is 0 Å². The van der Waals surface area contributed by atoms with E-state index in [2.05, 4.69) is 59.3 Å². The molecular weight excluding hydrogens is 288 g/mol. The summed E-state index contributed by atoms with van der Waals surface area (Å²) in [6.07, 6.45) is 0.868. The fourth-order valence-corrected chi connectivity index (χ4v) is 2.30. The molecule has 1 nitrogen and oxygen atoms in total. The number of aryl methyl sites for hydroxylation is 1. The van der Waals surface area contributed by atoms with Crippen LogP contribution in [0.25, 0.3) is 0 Å². The molecule has 0 radical (unpaired) electrons. The highest BCUT2D eigenvalue weighted by atomic mass is 79.9. The molecule has 2 aromatic rings. The molecule has 0 aliphatic carbocycles. The van der Waals surface area contributed by atoms with Crippen LogP contribution in [-0.2, 0) is 6.42 Å². The number of hydrogen-bond donors (Lipinski definition) is 1. The lowest BCUT2D eigenvalue weighted by atomic mass is 9.92. The maximum atomic E-state index is 9.56. The third-order valence-electron chi connectivity index (χ3n) is 3.16. The van der Waals surface area contributed by atoms with Crippen molar-refractivity contribution in [1.29, 1.82) is 0 Å². The number of halogens is 1. The van der Waals surface area contributed by atoms with Crippen molar-refractivity contribution in [2.45, 2.75) is 19.3 Å². The van der Waals surface area contributed by atoms with Crippen LogP contribution in [-0.4, -0.2) is 11.7 Å². The normalized spacial score (nSPS) is 12.4. The second-order valence-corrected chi connectivity index (χ2v) is 5.54. The first kappa shape index (κ1) is 13.3. The second kappa shape index (κ2) is 6.17. The predicted octanol–water partition coefficient (Wildman–Crippen LogP) is 4.08. The Balaban J connectivity index is 2.14. The van der Waals surface area contributed by atoms with Crippen molar-refractivity contribution >= 4 is 15.9 Å². The van der Waals surface area contributed by atoms with E-state index in [0.29, 0.717) is 0 Å². The highest BCUT2D eigenvalue weighted by molar-refractivity contribution is 9.10. The van der Waals surface area contributed by atoms with Gasteiger partial charge in [0.15, 0.2) is 0 Å². The molecule has 1 unspecified atom stereocenters. The van der Waals surface area contributed by atoms with Crippen molar-refractivity contribution < 1.29 is 5.11 Å². The third kappa shape index (κ3) is 3.44. The molecule has 0 saturated carbocycles. The summed E-state index contributed by atoms with van der Waals surface area (Å²) < 4.78 is 1.09. The van der Waals surface area contributed by atoms with Crippen molar-refractivity contribution in [2.24, 2.45) is 0 Å². The van der Waals surface area contributed by atoms with Gasteiger partial charge in [0.1, 0.15) is 0 Å². The molecule has 18 heavy (non-hydrogen) atoms. The smallest absolute Gasteiger partial charge is 0.0502 e. The number of benzene rings is 2. The molecule has 0 amide bonds. The van der Waals surface area contributed by atoms with Crippen LogP contribution >= 0.6 is 15.9 Å². The quantitative estimate of drug-likeness (QED) is 0.902. The van der Waals surface area contributed by atoms with E-state index in [1.54, 1.807) is 0 Å². The minimum atomic E-state index is 0.173. The molecule has 2 heteroatoms. The summed E-state index contributed by atoms with van der Waals surface area (Å²) in [6.45, 7) is 2.26. The fraction of sp³-hybridized carbons (Fsp3) is 0.250. The Labute approximate surface area is 117 Å². The first-order chi connectivity index (χ1) is 8.69. The zero-order valence-corrected chi connectivity index (χ0v) is 12.0. The van der Waals surface area contributed by atoms with Gasteiger partial charge >= 0.3 is 0 Å². The van der Waals surface area contributed by atoms with Gasteiger partial charge < -0.3 is 5.11 Å². The van der Waals surface area contributed by atoms with Crippen LogP contribution in [0.2, 0.25) is 0 Å². The van der Waals surface area contributed by atoms with Gasteiger partial charge in [-0.1, -0.05) is 57.9 Å². The number of aliphatic hydroxyl groups excluding tert-OH is 1. The second-order valence-electron chi connectivity index (χ2n) is 4.62. The third-order valence-corrected chi connectivity index (χ3v) is 3.69. The maximum Gasteiger partial charge on any atom is 0.0502 e. The molecule has 0 aliphatic rings. The van der Waals surface area contributed by atoms with Gasteiger partial charge in [0.25, 0.3) is 0 Å². The van der Waals surface area contributed by atoms with Crippen molar-refractivity contribution in [1.82, 2.24) is 0 Å². The van der Waals surface area contributed by atoms with E-state index in [0.717, 1.165) is 10.9 Å². The summed E-state index contributed by atoms with van der Waals surface area (Å²) in [7, 11) is 0. The van der Waals surface area contributed by atoms with Gasteiger partial charge in [-0.3, -0.25) is 0 Å². The molecule has 0 saturated heterocycles. The van der Waals surface area contributed by atoms with E-state index in [4.69, 9.17) is 0 Å². The molecule has 94 valence electrons. The highest BCUT2D eigenvalue weighted by Gasteiger charge is 2.11. The number of rotatable bonds is 4. The minimum Gasteiger partial charge on any atom is -0.396 e. The lowest BCUT2D eigenvalue weighted by Gasteiger charge is -2.15. The van der Waals surface area contributed by atoms with Crippen LogP contribution in [0.4, 0.5) is 0 Å². The standard InChI is InChI=1S/C16H17BrO/c1-12-2-6-14(7-3-12)15(11-18)10-13-4-8-16(17)9-5-13/h2-9,15,18H,10-11H2,1H3. The van der Waals surface area contributed by atoms with Crippen LogP contribution in [0.15, 0.2) is 53.0 Å². The zero-order valence-electron chi connectivity index (χ0n) is 10.4. The average Bonchev–Trinajstić information content (AvgIpc) is 2.39. The summed E-state index contributed by atoms with van der Waals surface area (Å²) in [6, 6.07) is 16.7. The minimum absolute atomic E-state index is 0.173. The highest BCUT2D eigenvalue weighted by Crippen LogP contribution is 2.22. The summed E-state index contributed by atoms with van der Waals surface area (Å²) in [4.78, 5) is 0. The van der Waals surface area contributed by atoms with Gasteiger partial charge in [0.05, 0.1) is 6.61 Å². The van der Waals surface area contributed by atoms with E-state index >= 15 is 0 Å². The van der Waals surface area contributed by atoms with Crippen LogP contribution in [0, 0.1) is 6.92 Å². The Morgan fingerprint density at radius 2 is 1.61 bits per heavy atom. The molecule has 0 aliphatic heterocycles. The Hall–Kier alpha value is -1.12. The summed E-state index contributed by atoms with van der Waals surface area (Å²) in [5.41, 5.74) is 3.70. The molecule has 0 heterocycles. The zero-order chi connectivity index (χ0) is 13.0. The van der Waals surface area contributed by atoms with Crippen LogP contribution < -0.4 is 0 Å². The summed E-state index contributed by atoms with van der Waals surface area (Å²) in [5.74, 6) is 0.173. The molecule has 1 N–H and O–H groups in total. The topological polar surface area (TPSA) is 20.2 Å². The molecule has 0 aromatic heterocycles. The molecule has 0 bridgehead atoms. The molecule has 1 atom stereocenters. The molecular formula is C16H17BrO. The summed E-state index contributed by atoms with van der Waals surface area (Å²) >= 11 is 3.43. The van der Waals surface area contributed by atoms with Gasteiger partial charge in [-0.15, -0.1) is 0 Å². The molecule has 2 aromatic carbocycles. The van der Waals surface area contributed by atoms with E-state index in [1.165, 1.54) is 16.7 Å². The SMILES string of the molecule is Cc1ccc(C(CO)Cc2ccc(Br)cc2)cc1. The van der Waals surface area contributed by atoms with E-state index in [1.807, 2.05) is 12.1 Å². The Morgan fingerprint density at radius 3 is 2.17 bits per heavy atom. The monoisotopic (exact) mass is 304 g/mol. The van der Waals surface area contributed by atoms with E-state index < -0.39 is 0 Å². The lowest BCUT2D eigenvalue weighted by molar-refractivity contribution is 0.264. The number of aliphatic hydroxyl groups is 1. The number of hydrogen-bond acceptors (Lipinski definition) is 1. The first-order valence-electron chi connectivity index (χ1n) is 6.11. The van der Waals surface area contributed by atoms with Gasteiger partial charge in [-0.2, -0.15) is 0 Å². The average molecular weight is 305 g/mol. The molecule has 2 rings (SSSR count). The lowest BCUT2D eigenvalue weighted by Crippen LogP contribution is -2.07. The molecule has 0 spiro atoms. The first-order valence-corrected chi connectivity index (χ1v) is 6.90. The Bertz CT molecular complexity index is 488. The van der Waals surface area contributed by atoms with Gasteiger partial charge in [-0.05, 0) is 36.6 Å². The van der Waals surface area contributed by atoms with Crippen LogP contribution in [0.3, 0.4) is 0 Å². The largest absolute Gasteiger partial charge is 0.396 e. The maximum absolute atomic E-state index is 9.56. The van der Waals surface area contributed by atoms with Crippen molar-refractivity contribution in [3.05, 3.63) is 69.7 Å². The van der Waals surface area contributed by atoms with Gasteiger partial charge in [0.2, 0.25) is 0 Å². The van der Waals surface area contributed by atoms with E-state index in [-0.39, 0.29) is 12.5 Å². The van der Waals surface area contributed by atoms with Crippen LogP contribution in [0.1, 0.15) is 22.6 Å². The van der Waals surface area contributed by atoms with Crippen LogP contribution in [0.5, 0.6) is 0 Å². The summed E-state index contributed by atoms with van der Waals surface area (Å²) in [5, 5.41) is 9.56. The Morgan fingerprint density at radius 1 is 1.00 bits per heavy atom. The van der Waals surface area contributed by atoms with E-state index in [9.17, 15) is 5.11 Å². The molecule has 0 fully saturated rings. The Kier molecular flexibility index (Phi) is 4.56. The fourth-order valence-electron chi connectivity index (χ4n) is 2.03. The predicted molar refractivity (Wildman–Crippen MR) is 78.9 cm³/mol. The van der Waals surface area contributed by atoms with Crippen molar-refractivity contribution in [3.63, 3.8) is 0 Å². The van der Waals surface area contributed by atoms with Crippen molar-refractivity contribution in [2.75, 3.05) is 6.61 Å².